The zero-order valence-electron chi connectivity index (χ0n) is 14.0. The number of nitrogens with one attached hydrogen (secondary N) is 2. The maximum Gasteiger partial charge on any atom is 0.277 e. The van der Waals surface area contributed by atoms with Crippen molar-refractivity contribution in [1.82, 2.24) is 4.90 Å². The van der Waals surface area contributed by atoms with Gasteiger partial charge < -0.3 is 15.1 Å². The molecule has 1 unspecified atom stereocenters. The van der Waals surface area contributed by atoms with Gasteiger partial charge in [-0.05, 0) is 23.6 Å². The van der Waals surface area contributed by atoms with E-state index in [1.165, 1.54) is 9.78 Å². The van der Waals surface area contributed by atoms with Gasteiger partial charge in [-0.15, -0.1) is 11.3 Å². The van der Waals surface area contributed by atoms with Crippen LogP contribution in [0.4, 0.5) is 5.69 Å². The number of carbonyl (C=O) groups is 2. The van der Waals surface area contributed by atoms with Crippen LogP contribution in [0, 0.1) is 0 Å². The Labute approximate surface area is 161 Å². The van der Waals surface area contributed by atoms with Crippen LogP contribution in [0.1, 0.15) is 4.88 Å². The lowest BCUT2D eigenvalue weighted by Crippen LogP contribution is -3.08. The van der Waals surface area contributed by atoms with Gasteiger partial charge in [-0.2, -0.15) is 0 Å². The van der Waals surface area contributed by atoms with Gasteiger partial charge in [0.1, 0.15) is 6.54 Å². The molecule has 0 aliphatic rings. The highest BCUT2D eigenvalue weighted by Crippen LogP contribution is 2.29. The average Bonchev–Trinajstić information content (AvgIpc) is 3.03. The van der Waals surface area contributed by atoms with Gasteiger partial charge in [-0.25, -0.2) is 0 Å². The summed E-state index contributed by atoms with van der Waals surface area (Å²) in [5.74, 6) is -0.448. The minimum Gasteiger partial charge on any atom is -0.332 e. The molecule has 0 aliphatic carbocycles. The van der Waals surface area contributed by atoms with Gasteiger partial charge in [-0.3, -0.25) is 9.59 Å². The summed E-state index contributed by atoms with van der Waals surface area (Å²) in [7, 11) is 3.56. The molecule has 0 saturated carbocycles. The fourth-order valence-corrected chi connectivity index (χ4v) is 3.58. The highest BCUT2D eigenvalue weighted by molar-refractivity contribution is 7.09. The summed E-state index contributed by atoms with van der Waals surface area (Å²) in [6.45, 7) is 1.03. The molecule has 0 fully saturated rings. The van der Waals surface area contributed by atoms with Crippen LogP contribution >= 0.6 is 34.5 Å². The summed E-state index contributed by atoms with van der Waals surface area (Å²) in [6, 6.07) is 9.01. The Morgan fingerprint density at radius 2 is 1.88 bits per heavy atom. The van der Waals surface area contributed by atoms with Crippen LogP contribution in [-0.2, 0) is 16.1 Å². The highest BCUT2D eigenvalue weighted by Gasteiger charge is 2.18. The molecule has 2 aromatic rings. The van der Waals surface area contributed by atoms with E-state index < -0.39 is 0 Å². The maximum absolute atomic E-state index is 12.3. The van der Waals surface area contributed by atoms with Crippen molar-refractivity contribution in [1.29, 1.82) is 0 Å². The summed E-state index contributed by atoms with van der Waals surface area (Å²) in [6.07, 6.45) is 0. The third-order valence-electron chi connectivity index (χ3n) is 3.54. The molecule has 1 aromatic carbocycles. The Morgan fingerprint density at radius 3 is 2.48 bits per heavy atom. The molecular weight excluding hydrogens is 381 g/mol. The Hall–Kier alpha value is -1.60. The first-order chi connectivity index (χ1) is 11.9. The number of rotatable bonds is 7. The third-order valence-corrected chi connectivity index (χ3v) is 5.05. The average molecular weight is 401 g/mol. The number of halogens is 2. The minimum atomic E-state index is -0.346. The van der Waals surface area contributed by atoms with Gasteiger partial charge in [0.05, 0.1) is 34.2 Å². The molecular formula is C17H20Cl2N3O2S+. The van der Waals surface area contributed by atoms with E-state index in [0.717, 1.165) is 11.4 Å². The lowest BCUT2D eigenvalue weighted by Gasteiger charge is -2.19. The molecule has 1 atom stereocenters. The smallest absolute Gasteiger partial charge is 0.277 e. The van der Waals surface area contributed by atoms with Crippen LogP contribution in [0.3, 0.4) is 0 Å². The standard InChI is InChI=1S/C17H19Cl2N3O2S/c1-21(9-12-5-4-8-25-12)11-16(24)22(2)10-15(23)20-17-13(18)6-3-7-14(17)19/h3-8H,9-11H2,1-2H3,(H,20,23)/p+1. The molecule has 134 valence electrons. The molecule has 5 nitrogen and oxygen atoms in total. The van der Waals surface area contributed by atoms with Crippen molar-refractivity contribution in [3.63, 3.8) is 0 Å². The second kappa shape index (κ2) is 9.20. The zero-order chi connectivity index (χ0) is 18.4. The second-order valence-corrected chi connectivity index (χ2v) is 7.63. The van der Waals surface area contributed by atoms with Crippen LogP contribution in [0.15, 0.2) is 35.7 Å². The minimum absolute atomic E-state index is 0.0628. The molecule has 1 heterocycles. The number of likely N-dealkylation sites (N-methyl/N-ethyl adjacent to an activating group) is 2. The molecule has 1 aromatic heterocycles. The number of anilines is 1. The van der Waals surface area contributed by atoms with E-state index >= 15 is 0 Å². The van der Waals surface area contributed by atoms with Crippen molar-refractivity contribution in [3.05, 3.63) is 50.6 Å². The van der Waals surface area contributed by atoms with Crippen molar-refractivity contribution < 1.29 is 14.5 Å². The molecule has 8 heteroatoms. The summed E-state index contributed by atoms with van der Waals surface area (Å²) in [4.78, 5) is 28.1. The van der Waals surface area contributed by atoms with Crippen molar-refractivity contribution in [2.24, 2.45) is 0 Å². The van der Waals surface area contributed by atoms with Gasteiger partial charge >= 0.3 is 0 Å². The molecule has 2 N–H and O–H groups in total. The number of para-hydroxylation sites is 1. The topological polar surface area (TPSA) is 53.9 Å². The Kier molecular flexibility index (Phi) is 7.25. The van der Waals surface area contributed by atoms with E-state index in [2.05, 4.69) is 5.32 Å². The molecule has 0 bridgehead atoms. The predicted molar refractivity (Wildman–Crippen MR) is 103 cm³/mol. The first kappa shape index (κ1) is 19.7. The third kappa shape index (κ3) is 6.01. The first-order valence-corrected chi connectivity index (χ1v) is 9.32. The SMILES string of the molecule is CN(CC(=O)Nc1c(Cl)cccc1Cl)C(=O)C[NH+](C)Cc1cccs1. The van der Waals surface area contributed by atoms with Crippen LogP contribution in [0.2, 0.25) is 10.0 Å². The fraction of sp³-hybridized carbons (Fsp3) is 0.294. The van der Waals surface area contributed by atoms with Crippen molar-refractivity contribution >= 4 is 52.0 Å². The Balaban J connectivity index is 1.84. The monoisotopic (exact) mass is 400 g/mol. The lowest BCUT2D eigenvalue weighted by atomic mass is 10.3. The Morgan fingerprint density at radius 1 is 1.20 bits per heavy atom. The predicted octanol–water partition coefficient (Wildman–Crippen LogP) is 2.17. The fourth-order valence-electron chi connectivity index (χ4n) is 2.27. The molecule has 2 rings (SSSR count). The van der Waals surface area contributed by atoms with Crippen molar-refractivity contribution in [2.45, 2.75) is 6.54 Å². The summed E-state index contributed by atoms with van der Waals surface area (Å²) in [5.41, 5.74) is 0.358. The van der Waals surface area contributed by atoms with Gasteiger partial charge in [0.15, 0.2) is 6.54 Å². The molecule has 0 spiro atoms. The molecule has 2 amide bonds. The van der Waals surface area contributed by atoms with Crippen LogP contribution in [-0.4, -0.2) is 43.9 Å². The van der Waals surface area contributed by atoms with Crippen molar-refractivity contribution in [2.75, 3.05) is 32.5 Å². The number of quaternary nitrogens is 1. The molecule has 0 radical (unpaired) electrons. The summed E-state index contributed by atoms with van der Waals surface area (Å²) >= 11 is 13.7. The number of carbonyl (C=O) groups excluding carboxylic acids is 2. The number of thiophene rings is 1. The van der Waals surface area contributed by atoms with E-state index in [1.807, 2.05) is 24.6 Å². The van der Waals surface area contributed by atoms with Crippen LogP contribution < -0.4 is 10.2 Å². The van der Waals surface area contributed by atoms with Gasteiger partial charge in [0.2, 0.25) is 5.91 Å². The van der Waals surface area contributed by atoms with Crippen LogP contribution in [0.5, 0.6) is 0 Å². The lowest BCUT2D eigenvalue weighted by molar-refractivity contribution is -0.885. The molecule has 0 saturated heterocycles. The zero-order valence-corrected chi connectivity index (χ0v) is 16.3. The Bertz CT molecular complexity index is 717. The van der Waals surface area contributed by atoms with E-state index in [-0.39, 0.29) is 18.4 Å². The summed E-state index contributed by atoms with van der Waals surface area (Å²) in [5, 5.41) is 5.38. The number of hydrogen-bond donors (Lipinski definition) is 2. The molecule has 0 aliphatic heterocycles. The number of benzene rings is 1. The van der Waals surface area contributed by atoms with Crippen molar-refractivity contribution in [3.8, 4) is 0 Å². The normalized spacial score (nSPS) is 11.8. The quantitative estimate of drug-likeness (QED) is 0.747. The number of amides is 2. The van der Waals surface area contributed by atoms with Gasteiger partial charge in [0.25, 0.3) is 5.91 Å². The second-order valence-electron chi connectivity index (χ2n) is 5.78. The van der Waals surface area contributed by atoms with E-state index in [1.54, 1.807) is 36.6 Å². The van der Waals surface area contributed by atoms with Gasteiger partial charge in [-0.1, -0.05) is 35.3 Å². The van der Waals surface area contributed by atoms with Gasteiger partial charge in [0, 0.05) is 7.05 Å². The van der Waals surface area contributed by atoms with E-state index in [0.29, 0.717) is 22.3 Å². The first-order valence-electron chi connectivity index (χ1n) is 7.68. The maximum atomic E-state index is 12.3. The van der Waals surface area contributed by atoms with E-state index in [4.69, 9.17) is 23.2 Å². The largest absolute Gasteiger partial charge is 0.332 e. The highest BCUT2D eigenvalue weighted by atomic mass is 35.5. The van der Waals surface area contributed by atoms with Crippen LogP contribution in [0.25, 0.3) is 0 Å². The number of hydrogen-bond acceptors (Lipinski definition) is 3. The number of nitrogens with zero attached hydrogens (tertiary/aromatic N) is 1. The molecule has 25 heavy (non-hydrogen) atoms. The van der Waals surface area contributed by atoms with E-state index in [9.17, 15) is 9.59 Å². The summed E-state index contributed by atoms with van der Waals surface area (Å²) < 4.78 is 0.